The summed E-state index contributed by atoms with van der Waals surface area (Å²) in [5, 5.41) is 0. The van der Waals surface area contributed by atoms with Gasteiger partial charge in [0.2, 0.25) is 0 Å². The number of rotatable bonds is 10. The predicted octanol–water partition coefficient (Wildman–Crippen LogP) is 4.57. The molecule has 0 aliphatic heterocycles. The molecule has 0 unspecified atom stereocenters. The highest BCUT2D eigenvalue weighted by Gasteiger charge is 2.06. The molecule has 0 radical (unpaired) electrons. The molecule has 0 aromatic heterocycles. The van der Waals surface area contributed by atoms with Gasteiger partial charge in [-0.25, -0.2) is 0 Å². The van der Waals surface area contributed by atoms with Gasteiger partial charge in [0.15, 0.2) is 0 Å². The molecule has 0 heterocycles. The summed E-state index contributed by atoms with van der Waals surface area (Å²) in [6, 6.07) is 0. The molecular formula is C15H30O2. The van der Waals surface area contributed by atoms with Crippen molar-refractivity contribution < 1.29 is 9.53 Å². The van der Waals surface area contributed by atoms with Crippen LogP contribution in [0.4, 0.5) is 0 Å². The number of hydrogen-bond donors (Lipinski definition) is 0. The van der Waals surface area contributed by atoms with Crippen LogP contribution in [0.2, 0.25) is 0 Å². The molecule has 0 amide bonds. The van der Waals surface area contributed by atoms with E-state index in [0.29, 0.717) is 12.3 Å². The number of hydrogen-bond acceptors (Lipinski definition) is 2. The molecule has 0 aromatic carbocycles. The van der Waals surface area contributed by atoms with Gasteiger partial charge in [-0.1, -0.05) is 59.3 Å². The molecule has 0 saturated carbocycles. The first-order valence-corrected chi connectivity index (χ1v) is 7.13. The van der Waals surface area contributed by atoms with Crippen molar-refractivity contribution in [1.82, 2.24) is 0 Å². The van der Waals surface area contributed by atoms with Crippen LogP contribution in [0.5, 0.6) is 0 Å². The lowest BCUT2D eigenvalue weighted by atomic mass is 9.97. The Morgan fingerprint density at radius 1 is 0.941 bits per heavy atom. The molecule has 0 N–H and O–H groups in total. The first kappa shape index (κ1) is 16.5. The Kier molecular flexibility index (Phi) is 10.3. The van der Waals surface area contributed by atoms with E-state index in [-0.39, 0.29) is 5.97 Å². The highest BCUT2D eigenvalue weighted by molar-refractivity contribution is 5.69. The number of carbonyl (C=O) groups is 1. The van der Waals surface area contributed by atoms with Crippen LogP contribution in [0, 0.1) is 11.8 Å². The Labute approximate surface area is 107 Å². The Bertz CT molecular complexity index is 187. The third kappa shape index (κ3) is 11.7. The Morgan fingerprint density at radius 3 is 2.06 bits per heavy atom. The van der Waals surface area contributed by atoms with Gasteiger partial charge in [0, 0.05) is 6.42 Å². The van der Waals surface area contributed by atoms with Gasteiger partial charge in [-0.3, -0.25) is 4.79 Å². The lowest BCUT2D eigenvalue weighted by Crippen LogP contribution is -2.04. The van der Waals surface area contributed by atoms with E-state index in [0.717, 1.165) is 12.3 Å². The number of unbranched alkanes of at least 4 members (excludes halogenated alkanes) is 3. The van der Waals surface area contributed by atoms with E-state index in [9.17, 15) is 4.79 Å². The second-order valence-electron chi connectivity index (χ2n) is 5.61. The molecule has 0 fully saturated rings. The van der Waals surface area contributed by atoms with Gasteiger partial charge >= 0.3 is 5.97 Å². The minimum Gasteiger partial charge on any atom is -0.469 e. The minimum atomic E-state index is -0.0752. The second-order valence-corrected chi connectivity index (χ2v) is 5.61. The first-order chi connectivity index (χ1) is 8.06. The molecule has 102 valence electrons. The second kappa shape index (κ2) is 10.6. The van der Waals surface area contributed by atoms with Gasteiger partial charge in [0.1, 0.15) is 0 Å². The zero-order valence-corrected chi connectivity index (χ0v) is 12.1. The maximum Gasteiger partial charge on any atom is 0.305 e. The van der Waals surface area contributed by atoms with E-state index in [1.807, 2.05) is 0 Å². The quantitative estimate of drug-likeness (QED) is 0.414. The summed E-state index contributed by atoms with van der Waals surface area (Å²) >= 11 is 0. The molecule has 1 atom stereocenters. The summed E-state index contributed by atoms with van der Waals surface area (Å²) in [7, 11) is 1.46. The summed E-state index contributed by atoms with van der Waals surface area (Å²) in [4.78, 5) is 11.0. The maximum absolute atomic E-state index is 11.0. The van der Waals surface area contributed by atoms with Crippen LogP contribution in [-0.4, -0.2) is 13.1 Å². The largest absolute Gasteiger partial charge is 0.469 e. The molecule has 0 rings (SSSR count). The zero-order valence-electron chi connectivity index (χ0n) is 12.1. The number of carbonyl (C=O) groups excluding carboxylic acids is 1. The lowest BCUT2D eigenvalue weighted by molar-refractivity contribution is -0.140. The van der Waals surface area contributed by atoms with Crippen molar-refractivity contribution >= 4 is 5.97 Å². The fourth-order valence-corrected chi connectivity index (χ4v) is 2.01. The molecule has 0 bridgehead atoms. The molecule has 0 aromatic rings. The summed E-state index contributed by atoms with van der Waals surface area (Å²) in [6.07, 6.45) is 9.53. The molecule has 0 aliphatic carbocycles. The third-order valence-electron chi connectivity index (χ3n) is 3.30. The SMILES string of the molecule is COC(=O)CC[C@@H](C)CCCCCCC(C)C. The van der Waals surface area contributed by atoms with Crippen molar-refractivity contribution in [3.8, 4) is 0 Å². The first-order valence-electron chi connectivity index (χ1n) is 7.13. The Hall–Kier alpha value is -0.530. The average molecular weight is 242 g/mol. The van der Waals surface area contributed by atoms with E-state index >= 15 is 0 Å². The van der Waals surface area contributed by atoms with E-state index < -0.39 is 0 Å². The predicted molar refractivity (Wildman–Crippen MR) is 73.0 cm³/mol. The third-order valence-corrected chi connectivity index (χ3v) is 3.30. The normalized spacial score (nSPS) is 12.8. The van der Waals surface area contributed by atoms with E-state index in [1.54, 1.807) is 0 Å². The minimum absolute atomic E-state index is 0.0752. The summed E-state index contributed by atoms with van der Waals surface area (Å²) in [5.41, 5.74) is 0. The smallest absolute Gasteiger partial charge is 0.305 e. The summed E-state index contributed by atoms with van der Waals surface area (Å²) in [5.74, 6) is 1.42. The van der Waals surface area contributed by atoms with Crippen LogP contribution in [0.1, 0.15) is 72.1 Å². The van der Waals surface area contributed by atoms with Crippen LogP contribution in [-0.2, 0) is 9.53 Å². The molecule has 0 aliphatic rings. The van der Waals surface area contributed by atoms with Crippen LogP contribution in [0.3, 0.4) is 0 Å². The number of ether oxygens (including phenoxy) is 1. The van der Waals surface area contributed by atoms with Crippen molar-refractivity contribution in [3.05, 3.63) is 0 Å². The molecule has 2 nitrogen and oxygen atoms in total. The van der Waals surface area contributed by atoms with Crippen LogP contribution in [0.15, 0.2) is 0 Å². The van der Waals surface area contributed by atoms with Crippen molar-refractivity contribution in [3.63, 3.8) is 0 Å². The number of methoxy groups -OCH3 is 1. The van der Waals surface area contributed by atoms with E-state index in [2.05, 4.69) is 25.5 Å². The highest BCUT2D eigenvalue weighted by Crippen LogP contribution is 2.17. The van der Waals surface area contributed by atoms with Gasteiger partial charge in [0.25, 0.3) is 0 Å². The van der Waals surface area contributed by atoms with Crippen molar-refractivity contribution in [2.45, 2.75) is 72.1 Å². The lowest BCUT2D eigenvalue weighted by Gasteiger charge is -2.10. The molecule has 17 heavy (non-hydrogen) atoms. The van der Waals surface area contributed by atoms with E-state index in [1.165, 1.54) is 45.6 Å². The van der Waals surface area contributed by atoms with Gasteiger partial charge in [-0.15, -0.1) is 0 Å². The van der Waals surface area contributed by atoms with Crippen molar-refractivity contribution in [2.75, 3.05) is 7.11 Å². The van der Waals surface area contributed by atoms with Crippen molar-refractivity contribution in [2.24, 2.45) is 11.8 Å². The summed E-state index contributed by atoms with van der Waals surface area (Å²) < 4.78 is 4.64. The Balaban J connectivity index is 3.27. The van der Waals surface area contributed by atoms with Gasteiger partial charge in [0.05, 0.1) is 7.11 Å². The van der Waals surface area contributed by atoms with Crippen LogP contribution >= 0.6 is 0 Å². The van der Waals surface area contributed by atoms with Gasteiger partial charge in [-0.05, 0) is 18.3 Å². The fourth-order valence-electron chi connectivity index (χ4n) is 2.01. The molecule has 2 heteroatoms. The van der Waals surface area contributed by atoms with Gasteiger partial charge in [-0.2, -0.15) is 0 Å². The molecular weight excluding hydrogens is 212 g/mol. The molecule has 0 saturated heterocycles. The monoisotopic (exact) mass is 242 g/mol. The standard InChI is InChI=1S/C15H30O2/c1-13(2)9-7-5-6-8-10-14(3)11-12-15(16)17-4/h13-14H,5-12H2,1-4H3/t14-/m0/s1. The number of esters is 1. The Morgan fingerprint density at radius 2 is 1.53 bits per heavy atom. The van der Waals surface area contributed by atoms with Gasteiger partial charge < -0.3 is 4.74 Å². The summed E-state index contributed by atoms with van der Waals surface area (Å²) in [6.45, 7) is 6.81. The maximum atomic E-state index is 11.0. The average Bonchev–Trinajstić information content (AvgIpc) is 2.30. The van der Waals surface area contributed by atoms with Crippen LogP contribution < -0.4 is 0 Å². The highest BCUT2D eigenvalue weighted by atomic mass is 16.5. The topological polar surface area (TPSA) is 26.3 Å². The van der Waals surface area contributed by atoms with Crippen molar-refractivity contribution in [1.29, 1.82) is 0 Å². The molecule has 0 spiro atoms. The van der Waals surface area contributed by atoms with E-state index in [4.69, 9.17) is 0 Å². The van der Waals surface area contributed by atoms with Crippen LogP contribution in [0.25, 0.3) is 0 Å². The zero-order chi connectivity index (χ0) is 13.1. The fraction of sp³-hybridized carbons (Fsp3) is 0.933.